The number of hydrogen-bond donors (Lipinski definition) is 2. The van der Waals surface area contributed by atoms with E-state index in [4.69, 9.17) is 0 Å². The molecular weight excluding hydrogens is 178 g/mol. The van der Waals surface area contributed by atoms with Crippen molar-refractivity contribution in [2.45, 2.75) is 38.1 Å². The van der Waals surface area contributed by atoms with Crippen LogP contribution in [0.25, 0.3) is 0 Å². The Kier molecular flexibility index (Phi) is 2.81. The van der Waals surface area contributed by atoms with E-state index in [0.717, 1.165) is 12.8 Å². The van der Waals surface area contributed by atoms with Gasteiger partial charge in [0.15, 0.2) is 5.82 Å². The van der Waals surface area contributed by atoms with E-state index in [1.54, 1.807) is 12.4 Å². The number of nitrogens with one attached hydrogen (secondary N) is 2. The van der Waals surface area contributed by atoms with Crippen LogP contribution in [-0.2, 0) is 0 Å². The van der Waals surface area contributed by atoms with Crippen molar-refractivity contribution in [1.82, 2.24) is 15.3 Å². The van der Waals surface area contributed by atoms with Crippen molar-refractivity contribution in [2.75, 3.05) is 0 Å². The number of rotatable bonds is 2. The predicted molar refractivity (Wildman–Crippen MR) is 52.9 cm³/mol. The van der Waals surface area contributed by atoms with Crippen molar-refractivity contribution < 1.29 is 4.79 Å². The van der Waals surface area contributed by atoms with Gasteiger partial charge in [-0.2, -0.15) is 0 Å². The molecule has 1 saturated carbocycles. The van der Waals surface area contributed by atoms with Crippen LogP contribution in [0.1, 0.15) is 42.7 Å². The first-order valence-corrected chi connectivity index (χ1v) is 5.16. The molecule has 1 aliphatic rings. The summed E-state index contributed by atoms with van der Waals surface area (Å²) in [6.07, 6.45) is 9.21. The average Bonchev–Trinajstić information content (AvgIpc) is 2.72. The third-order valence-corrected chi connectivity index (χ3v) is 2.65. The molecule has 0 aromatic carbocycles. The highest BCUT2D eigenvalue weighted by Crippen LogP contribution is 2.17. The average molecular weight is 193 g/mol. The van der Waals surface area contributed by atoms with Gasteiger partial charge in [-0.25, -0.2) is 4.98 Å². The van der Waals surface area contributed by atoms with Gasteiger partial charge in [0.05, 0.1) is 0 Å². The summed E-state index contributed by atoms with van der Waals surface area (Å²) in [7, 11) is 0. The van der Waals surface area contributed by atoms with Gasteiger partial charge in [0, 0.05) is 18.4 Å². The molecule has 1 aromatic rings. The molecule has 1 aliphatic carbocycles. The summed E-state index contributed by atoms with van der Waals surface area (Å²) in [5.74, 6) is 0.331. The van der Waals surface area contributed by atoms with E-state index >= 15 is 0 Å². The first-order chi connectivity index (χ1) is 6.86. The van der Waals surface area contributed by atoms with Gasteiger partial charge < -0.3 is 10.3 Å². The van der Waals surface area contributed by atoms with Crippen molar-refractivity contribution in [2.24, 2.45) is 0 Å². The Morgan fingerprint density at radius 3 is 2.86 bits per heavy atom. The summed E-state index contributed by atoms with van der Waals surface area (Å²) >= 11 is 0. The summed E-state index contributed by atoms with van der Waals surface area (Å²) in [5.41, 5.74) is 0. The summed E-state index contributed by atoms with van der Waals surface area (Å²) in [5, 5.41) is 2.99. The lowest BCUT2D eigenvalue weighted by Gasteiger charge is -2.22. The van der Waals surface area contributed by atoms with Gasteiger partial charge in [0.1, 0.15) is 0 Å². The van der Waals surface area contributed by atoms with Gasteiger partial charge in [0.25, 0.3) is 5.91 Å². The Hall–Kier alpha value is -1.32. The third kappa shape index (κ3) is 2.13. The Morgan fingerprint density at radius 2 is 2.21 bits per heavy atom. The van der Waals surface area contributed by atoms with Crippen molar-refractivity contribution in [1.29, 1.82) is 0 Å². The van der Waals surface area contributed by atoms with Crippen LogP contribution in [0.15, 0.2) is 12.4 Å². The molecule has 14 heavy (non-hydrogen) atoms. The molecule has 4 nitrogen and oxygen atoms in total. The van der Waals surface area contributed by atoms with Crippen LogP contribution in [0.5, 0.6) is 0 Å². The van der Waals surface area contributed by atoms with E-state index in [1.165, 1.54) is 19.3 Å². The van der Waals surface area contributed by atoms with E-state index in [2.05, 4.69) is 15.3 Å². The van der Waals surface area contributed by atoms with Crippen molar-refractivity contribution in [3.63, 3.8) is 0 Å². The Morgan fingerprint density at radius 1 is 1.43 bits per heavy atom. The minimum absolute atomic E-state index is 0.0816. The number of hydrogen-bond acceptors (Lipinski definition) is 2. The lowest BCUT2D eigenvalue weighted by molar-refractivity contribution is 0.0918. The normalized spacial score (nSPS) is 18.0. The number of aromatic nitrogens is 2. The Labute approximate surface area is 83.1 Å². The highest BCUT2D eigenvalue weighted by Gasteiger charge is 2.17. The fraction of sp³-hybridized carbons (Fsp3) is 0.600. The van der Waals surface area contributed by atoms with Gasteiger partial charge in [-0.05, 0) is 12.8 Å². The quantitative estimate of drug-likeness (QED) is 0.747. The molecule has 0 atom stereocenters. The maximum Gasteiger partial charge on any atom is 0.287 e. The second-order valence-electron chi connectivity index (χ2n) is 3.75. The van der Waals surface area contributed by atoms with Crippen LogP contribution in [0.2, 0.25) is 0 Å². The highest BCUT2D eigenvalue weighted by atomic mass is 16.2. The smallest absolute Gasteiger partial charge is 0.287 e. The van der Waals surface area contributed by atoms with Crippen LogP contribution in [0.4, 0.5) is 0 Å². The SMILES string of the molecule is O=C(NC1CCCCC1)c1ncc[nH]1. The van der Waals surface area contributed by atoms with Gasteiger partial charge in [-0.1, -0.05) is 19.3 Å². The molecule has 0 bridgehead atoms. The minimum atomic E-state index is -0.0816. The molecule has 1 fully saturated rings. The Bertz CT molecular complexity index is 288. The fourth-order valence-corrected chi connectivity index (χ4v) is 1.89. The van der Waals surface area contributed by atoms with Crippen molar-refractivity contribution in [3.8, 4) is 0 Å². The first-order valence-electron chi connectivity index (χ1n) is 5.16. The molecule has 0 aliphatic heterocycles. The predicted octanol–water partition coefficient (Wildman–Crippen LogP) is 1.47. The van der Waals surface area contributed by atoms with Crippen LogP contribution < -0.4 is 5.32 Å². The lowest BCUT2D eigenvalue weighted by Crippen LogP contribution is -2.36. The number of amides is 1. The second-order valence-corrected chi connectivity index (χ2v) is 3.75. The zero-order valence-corrected chi connectivity index (χ0v) is 8.12. The first kappa shape index (κ1) is 9.24. The van der Waals surface area contributed by atoms with Crippen LogP contribution in [0.3, 0.4) is 0 Å². The van der Waals surface area contributed by atoms with Gasteiger partial charge in [-0.3, -0.25) is 4.79 Å². The van der Waals surface area contributed by atoms with Gasteiger partial charge >= 0.3 is 0 Å². The molecule has 2 N–H and O–H groups in total. The van der Waals surface area contributed by atoms with E-state index in [-0.39, 0.29) is 5.91 Å². The molecule has 2 rings (SSSR count). The topological polar surface area (TPSA) is 57.8 Å². The van der Waals surface area contributed by atoms with Crippen molar-refractivity contribution in [3.05, 3.63) is 18.2 Å². The number of H-pyrrole nitrogens is 1. The Balaban J connectivity index is 1.87. The van der Waals surface area contributed by atoms with Crippen molar-refractivity contribution >= 4 is 5.91 Å². The molecule has 0 unspecified atom stereocenters. The second kappa shape index (κ2) is 4.26. The molecule has 1 amide bonds. The largest absolute Gasteiger partial charge is 0.347 e. The summed E-state index contributed by atoms with van der Waals surface area (Å²) in [6.45, 7) is 0. The number of nitrogens with zero attached hydrogens (tertiary/aromatic N) is 1. The third-order valence-electron chi connectivity index (χ3n) is 2.65. The molecule has 0 spiro atoms. The van der Waals surface area contributed by atoms with Crippen LogP contribution >= 0.6 is 0 Å². The number of carbonyl (C=O) groups excluding carboxylic acids is 1. The van der Waals surface area contributed by atoms with E-state index < -0.39 is 0 Å². The monoisotopic (exact) mass is 193 g/mol. The summed E-state index contributed by atoms with van der Waals surface area (Å²) in [4.78, 5) is 18.3. The summed E-state index contributed by atoms with van der Waals surface area (Å²) < 4.78 is 0. The maximum absolute atomic E-state index is 11.6. The zero-order chi connectivity index (χ0) is 9.80. The molecule has 1 aromatic heterocycles. The maximum atomic E-state index is 11.6. The van der Waals surface area contributed by atoms with Crippen LogP contribution in [-0.4, -0.2) is 21.9 Å². The molecule has 0 saturated heterocycles. The zero-order valence-electron chi connectivity index (χ0n) is 8.12. The minimum Gasteiger partial charge on any atom is -0.347 e. The molecular formula is C10H15N3O. The number of aromatic amines is 1. The molecule has 0 radical (unpaired) electrons. The number of imidazole rings is 1. The summed E-state index contributed by atoms with van der Waals surface area (Å²) in [6, 6.07) is 0.348. The molecule has 76 valence electrons. The van der Waals surface area contributed by atoms with E-state index in [0.29, 0.717) is 11.9 Å². The van der Waals surface area contributed by atoms with E-state index in [9.17, 15) is 4.79 Å². The molecule has 1 heterocycles. The standard InChI is InChI=1S/C10H15N3O/c14-10(9-11-6-7-12-9)13-8-4-2-1-3-5-8/h6-8H,1-5H2,(H,11,12)(H,13,14). The fourth-order valence-electron chi connectivity index (χ4n) is 1.89. The van der Waals surface area contributed by atoms with E-state index in [1.807, 2.05) is 0 Å². The van der Waals surface area contributed by atoms with Gasteiger partial charge in [0.2, 0.25) is 0 Å². The van der Waals surface area contributed by atoms with Crippen LogP contribution in [0, 0.1) is 0 Å². The molecule has 4 heteroatoms. The number of carbonyl (C=O) groups is 1. The lowest BCUT2D eigenvalue weighted by atomic mass is 9.95. The van der Waals surface area contributed by atoms with Gasteiger partial charge in [-0.15, -0.1) is 0 Å². The highest BCUT2D eigenvalue weighted by molar-refractivity contribution is 5.90.